The fourth-order valence-electron chi connectivity index (χ4n) is 2.46. The van der Waals surface area contributed by atoms with Crippen LogP contribution >= 0.6 is 0 Å². The highest BCUT2D eigenvalue weighted by atomic mass is 16.5. The highest BCUT2D eigenvalue weighted by Gasteiger charge is 2.31. The van der Waals surface area contributed by atoms with Crippen molar-refractivity contribution in [1.82, 2.24) is 10.6 Å². The normalized spacial score (nSPS) is 17.9. The molecule has 0 bridgehead atoms. The zero-order valence-electron chi connectivity index (χ0n) is 12.4. The van der Waals surface area contributed by atoms with E-state index in [1.807, 2.05) is 0 Å². The molecule has 0 saturated heterocycles. The number of methoxy groups -OCH3 is 2. The summed E-state index contributed by atoms with van der Waals surface area (Å²) in [7, 11) is 3.10. The van der Waals surface area contributed by atoms with Crippen LogP contribution in [0.1, 0.15) is 25.5 Å². The van der Waals surface area contributed by atoms with Crippen LogP contribution in [0.3, 0.4) is 0 Å². The predicted molar refractivity (Wildman–Crippen MR) is 77.3 cm³/mol. The summed E-state index contributed by atoms with van der Waals surface area (Å²) in [5, 5.41) is 5.37. The minimum absolute atomic E-state index is 0.116. The van der Waals surface area contributed by atoms with Gasteiger partial charge in [-0.3, -0.25) is 4.79 Å². The molecule has 2 N–H and O–H groups in total. The summed E-state index contributed by atoms with van der Waals surface area (Å²) in [5.41, 5.74) is 1.72. The smallest absolute Gasteiger partial charge is 0.319 e. The number of ketones is 1. The number of hydrogen-bond donors (Lipinski definition) is 2. The van der Waals surface area contributed by atoms with E-state index in [-0.39, 0.29) is 11.8 Å². The Morgan fingerprint density at radius 2 is 1.95 bits per heavy atom. The molecule has 21 heavy (non-hydrogen) atoms. The Morgan fingerprint density at radius 3 is 2.52 bits per heavy atom. The zero-order valence-corrected chi connectivity index (χ0v) is 12.4. The molecule has 1 heterocycles. The Labute approximate surface area is 123 Å². The van der Waals surface area contributed by atoms with Crippen molar-refractivity contribution in [3.8, 4) is 11.5 Å². The molecule has 0 radical (unpaired) electrons. The van der Waals surface area contributed by atoms with Crippen molar-refractivity contribution >= 4 is 11.8 Å². The Hall–Kier alpha value is -2.50. The number of carbonyl (C=O) groups excluding carboxylic acids is 2. The lowest BCUT2D eigenvalue weighted by Gasteiger charge is -2.29. The van der Waals surface area contributed by atoms with Gasteiger partial charge in [-0.1, -0.05) is 0 Å². The molecule has 6 nitrogen and oxygen atoms in total. The number of benzene rings is 1. The molecule has 0 saturated carbocycles. The second-order valence-electron chi connectivity index (χ2n) is 4.73. The van der Waals surface area contributed by atoms with Crippen LogP contribution in [0, 0.1) is 0 Å². The lowest BCUT2D eigenvalue weighted by atomic mass is 9.92. The minimum Gasteiger partial charge on any atom is -0.497 e. The Bertz CT molecular complexity index is 622. The van der Waals surface area contributed by atoms with Crippen molar-refractivity contribution in [2.75, 3.05) is 14.2 Å². The summed E-state index contributed by atoms with van der Waals surface area (Å²) in [6.07, 6.45) is 0. The lowest BCUT2D eigenvalue weighted by Crippen LogP contribution is -2.44. The SMILES string of the molecule is COc1ccc(OC)c([C@H]2NC(=O)NC(C)=C2C(C)=O)c1. The monoisotopic (exact) mass is 290 g/mol. The van der Waals surface area contributed by atoms with Gasteiger partial charge in [0.05, 0.1) is 20.3 Å². The van der Waals surface area contributed by atoms with Gasteiger partial charge in [0.15, 0.2) is 5.78 Å². The fourth-order valence-corrected chi connectivity index (χ4v) is 2.46. The molecule has 1 aromatic carbocycles. The molecule has 0 spiro atoms. The number of carbonyl (C=O) groups is 2. The molecule has 1 atom stereocenters. The first kappa shape index (κ1) is 14.9. The highest BCUT2D eigenvalue weighted by molar-refractivity contribution is 5.98. The number of allylic oxidation sites excluding steroid dienone is 1. The average Bonchev–Trinajstić information content (AvgIpc) is 2.45. The molecule has 0 unspecified atom stereocenters. The maximum Gasteiger partial charge on any atom is 0.319 e. The van der Waals surface area contributed by atoms with E-state index in [0.29, 0.717) is 28.3 Å². The van der Waals surface area contributed by atoms with Gasteiger partial charge in [-0.2, -0.15) is 0 Å². The van der Waals surface area contributed by atoms with Gasteiger partial charge in [0.25, 0.3) is 0 Å². The standard InChI is InChI=1S/C15H18N2O4/c1-8-13(9(2)18)14(17-15(19)16-8)11-7-10(20-3)5-6-12(11)21-4/h5-7,14H,1-4H3,(H2,16,17,19)/t14-/m1/s1. The number of ether oxygens (including phenoxy) is 2. The highest BCUT2D eigenvalue weighted by Crippen LogP contribution is 2.35. The summed E-state index contributed by atoms with van der Waals surface area (Å²) >= 11 is 0. The number of urea groups is 1. The van der Waals surface area contributed by atoms with E-state index in [0.717, 1.165) is 0 Å². The van der Waals surface area contributed by atoms with Gasteiger partial charge in [-0.25, -0.2) is 4.79 Å². The molecule has 2 rings (SSSR count). The van der Waals surface area contributed by atoms with Gasteiger partial charge in [-0.05, 0) is 32.0 Å². The van der Waals surface area contributed by atoms with Crippen LogP contribution in [-0.2, 0) is 4.79 Å². The Morgan fingerprint density at radius 1 is 1.24 bits per heavy atom. The second kappa shape index (κ2) is 5.87. The number of hydrogen-bond acceptors (Lipinski definition) is 4. The molecule has 0 fully saturated rings. The second-order valence-corrected chi connectivity index (χ2v) is 4.73. The van der Waals surface area contributed by atoms with E-state index in [1.54, 1.807) is 32.2 Å². The van der Waals surface area contributed by atoms with Crippen molar-refractivity contribution in [3.63, 3.8) is 0 Å². The van der Waals surface area contributed by atoms with Crippen molar-refractivity contribution in [3.05, 3.63) is 35.0 Å². The first-order valence-electron chi connectivity index (χ1n) is 6.49. The molecule has 6 heteroatoms. The van der Waals surface area contributed by atoms with E-state index in [4.69, 9.17) is 9.47 Å². The van der Waals surface area contributed by atoms with Gasteiger partial charge >= 0.3 is 6.03 Å². The van der Waals surface area contributed by atoms with Gasteiger partial charge < -0.3 is 20.1 Å². The maximum absolute atomic E-state index is 11.9. The summed E-state index contributed by atoms with van der Waals surface area (Å²) in [4.78, 5) is 23.7. The van der Waals surface area contributed by atoms with Gasteiger partial charge in [0, 0.05) is 16.8 Å². The third-order valence-corrected chi connectivity index (χ3v) is 3.40. The number of rotatable bonds is 4. The fraction of sp³-hybridized carbons (Fsp3) is 0.333. The van der Waals surface area contributed by atoms with Crippen LogP contribution in [0.4, 0.5) is 4.79 Å². The molecule has 0 aliphatic carbocycles. The van der Waals surface area contributed by atoms with Crippen molar-refractivity contribution in [1.29, 1.82) is 0 Å². The van der Waals surface area contributed by atoms with Crippen molar-refractivity contribution < 1.29 is 19.1 Å². The third kappa shape index (κ3) is 2.84. The summed E-state index contributed by atoms with van der Waals surface area (Å²) in [5.74, 6) is 1.09. The first-order chi connectivity index (χ1) is 9.97. The van der Waals surface area contributed by atoms with Crippen LogP contribution in [0.15, 0.2) is 29.5 Å². The molecule has 112 valence electrons. The largest absolute Gasteiger partial charge is 0.497 e. The molecule has 1 aliphatic heterocycles. The van der Waals surface area contributed by atoms with Crippen LogP contribution < -0.4 is 20.1 Å². The van der Waals surface area contributed by atoms with Crippen LogP contribution in [0.5, 0.6) is 11.5 Å². The van der Waals surface area contributed by atoms with Crippen LogP contribution in [-0.4, -0.2) is 26.0 Å². The van der Waals surface area contributed by atoms with E-state index in [2.05, 4.69) is 10.6 Å². The van der Waals surface area contributed by atoms with E-state index in [1.165, 1.54) is 14.0 Å². The van der Waals surface area contributed by atoms with Gasteiger partial charge in [0.1, 0.15) is 11.5 Å². The molecule has 1 aliphatic rings. The average molecular weight is 290 g/mol. The zero-order chi connectivity index (χ0) is 15.6. The third-order valence-electron chi connectivity index (χ3n) is 3.40. The predicted octanol–water partition coefficient (Wildman–Crippen LogP) is 1.92. The number of nitrogens with one attached hydrogen (secondary N) is 2. The van der Waals surface area contributed by atoms with Crippen LogP contribution in [0.2, 0.25) is 0 Å². The van der Waals surface area contributed by atoms with E-state index >= 15 is 0 Å². The molecule has 0 aromatic heterocycles. The van der Waals surface area contributed by atoms with Crippen molar-refractivity contribution in [2.24, 2.45) is 0 Å². The number of amides is 2. The minimum atomic E-state index is -0.568. The van der Waals surface area contributed by atoms with Gasteiger partial charge in [-0.15, -0.1) is 0 Å². The number of Topliss-reactive ketones (excluding diaryl/α,β-unsaturated/α-hetero) is 1. The quantitative estimate of drug-likeness (QED) is 0.888. The lowest BCUT2D eigenvalue weighted by molar-refractivity contribution is -0.114. The van der Waals surface area contributed by atoms with Gasteiger partial charge in [0.2, 0.25) is 0 Å². The Balaban J connectivity index is 2.59. The molecule has 1 aromatic rings. The summed E-state index contributed by atoms with van der Waals surface area (Å²) < 4.78 is 10.5. The molecular weight excluding hydrogens is 272 g/mol. The summed E-state index contributed by atoms with van der Waals surface area (Å²) in [6.45, 7) is 3.17. The topological polar surface area (TPSA) is 76.7 Å². The molecule has 2 amide bonds. The molecular formula is C15H18N2O4. The first-order valence-corrected chi connectivity index (χ1v) is 6.49. The van der Waals surface area contributed by atoms with E-state index in [9.17, 15) is 9.59 Å². The van der Waals surface area contributed by atoms with Crippen LogP contribution in [0.25, 0.3) is 0 Å². The van der Waals surface area contributed by atoms with Crippen molar-refractivity contribution in [2.45, 2.75) is 19.9 Å². The maximum atomic E-state index is 11.9. The van der Waals surface area contributed by atoms with E-state index < -0.39 is 6.04 Å². The Kier molecular flexibility index (Phi) is 4.16. The summed E-state index contributed by atoms with van der Waals surface area (Å²) in [6, 6.07) is 4.34.